The summed E-state index contributed by atoms with van der Waals surface area (Å²) in [7, 11) is 0. The number of carbonyl (C=O) groups is 1. The maximum absolute atomic E-state index is 12.8. The molecule has 1 saturated heterocycles. The van der Waals surface area contributed by atoms with Crippen LogP contribution in [0.3, 0.4) is 0 Å². The van der Waals surface area contributed by atoms with Gasteiger partial charge in [0.05, 0.1) is 0 Å². The summed E-state index contributed by atoms with van der Waals surface area (Å²) in [4.78, 5) is 28.0. The van der Waals surface area contributed by atoms with E-state index in [0.717, 1.165) is 55.3 Å². The van der Waals surface area contributed by atoms with Crippen molar-refractivity contribution < 1.29 is 4.79 Å². The highest BCUT2D eigenvalue weighted by molar-refractivity contribution is 5.76. The van der Waals surface area contributed by atoms with Gasteiger partial charge in [-0.1, -0.05) is 0 Å². The van der Waals surface area contributed by atoms with E-state index >= 15 is 0 Å². The van der Waals surface area contributed by atoms with Crippen molar-refractivity contribution >= 4 is 11.7 Å². The third-order valence-electron chi connectivity index (χ3n) is 5.88. The molecule has 3 aromatic rings. The van der Waals surface area contributed by atoms with Gasteiger partial charge in [-0.05, 0) is 45.6 Å². The van der Waals surface area contributed by atoms with Crippen LogP contribution in [0.2, 0.25) is 0 Å². The second-order valence-corrected chi connectivity index (χ2v) is 7.46. The first-order valence-electron chi connectivity index (χ1n) is 10.0. The van der Waals surface area contributed by atoms with E-state index in [2.05, 4.69) is 31.5 Å². The number of hydrogen-bond donors (Lipinski definition) is 0. The van der Waals surface area contributed by atoms with Gasteiger partial charge >= 0.3 is 0 Å². The van der Waals surface area contributed by atoms with E-state index < -0.39 is 0 Å². The van der Waals surface area contributed by atoms with Gasteiger partial charge in [-0.3, -0.25) is 4.79 Å². The molecule has 4 rings (SSSR count). The summed E-state index contributed by atoms with van der Waals surface area (Å²) in [6.07, 6.45) is 8.56. The van der Waals surface area contributed by atoms with E-state index in [4.69, 9.17) is 0 Å². The number of likely N-dealkylation sites (tertiary alicyclic amines) is 1. The van der Waals surface area contributed by atoms with Crippen LogP contribution in [-0.4, -0.2) is 53.0 Å². The largest absolute Gasteiger partial charge is 0.343 e. The maximum Gasteiger partial charge on any atom is 0.252 e. The van der Waals surface area contributed by atoms with Crippen LogP contribution < -0.4 is 0 Å². The van der Waals surface area contributed by atoms with Crippen LogP contribution in [-0.2, 0) is 17.8 Å². The van der Waals surface area contributed by atoms with E-state index in [0.29, 0.717) is 24.5 Å². The standard InChI is InChI=1S/C20H27N7O/c1-4-25-12-9-21-19(25)16-7-10-26(11-8-16)18(28)6-5-17-14(2)24-20-22-13-23-27(20)15(17)3/h9,12-13,16H,4-8,10-11H2,1-3H3. The Bertz CT molecular complexity index is 982. The van der Waals surface area contributed by atoms with Crippen LogP contribution in [0.4, 0.5) is 0 Å². The average molecular weight is 381 g/mol. The van der Waals surface area contributed by atoms with Gasteiger partial charge in [-0.2, -0.15) is 10.1 Å². The summed E-state index contributed by atoms with van der Waals surface area (Å²) in [5.41, 5.74) is 3.03. The lowest BCUT2D eigenvalue weighted by Crippen LogP contribution is -2.38. The monoisotopic (exact) mass is 381 g/mol. The number of aromatic nitrogens is 6. The van der Waals surface area contributed by atoms with Crippen LogP contribution in [0.25, 0.3) is 5.78 Å². The van der Waals surface area contributed by atoms with Crippen molar-refractivity contribution in [2.24, 2.45) is 0 Å². The lowest BCUT2D eigenvalue weighted by molar-refractivity contribution is -0.132. The fourth-order valence-electron chi connectivity index (χ4n) is 4.24. The van der Waals surface area contributed by atoms with Gasteiger partial charge in [0.2, 0.25) is 5.91 Å². The van der Waals surface area contributed by atoms with Gasteiger partial charge in [0, 0.05) is 55.8 Å². The van der Waals surface area contributed by atoms with Crippen LogP contribution in [0.5, 0.6) is 0 Å². The predicted molar refractivity (Wildman–Crippen MR) is 105 cm³/mol. The minimum absolute atomic E-state index is 0.217. The van der Waals surface area contributed by atoms with Gasteiger partial charge < -0.3 is 9.47 Å². The summed E-state index contributed by atoms with van der Waals surface area (Å²) < 4.78 is 3.95. The molecule has 0 radical (unpaired) electrons. The maximum atomic E-state index is 12.8. The molecule has 28 heavy (non-hydrogen) atoms. The molecular weight excluding hydrogens is 354 g/mol. The molecule has 0 bridgehead atoms. The normalized spacial score (nSPS) is 15.5. The minimum atomic E-state index is 0.217. The zero-order valence-corrected chi connectivity index (χ0v) is 16.8. The number of rotatable bonds is 5. The second kappa shape index (κ2) is 7.69. The Kier molecular flexibility index (Phi) is 5.11. The summed E-state index contributed by atoms with van der Waals surface area (Å²) in [6.45, 7) is 8.67. The summed E-state index contributed by atoms with van der Waals surface area (Å²) in [6, 6.07) is 0. The number of amides is 1. The zero-order chi connectivity index (χ0) is 19.7. The highest BCUT2D eigenvalue weighted by Crippen LogP contribution is 2.27. The SMILES string of the molecule is CCn1ccnc1C1CCN(C(=O)CCc2c(C)nc3ncnn3c2C)CC1. The Labute approximate surface area is 164 Å². The summed E-state index contributed by atoms with van der Waals surface area (Å²) in [5.74, 6) is 2.43. The zero-order valence-electron chi connectivity index (χ0n) is 16.8. The molecule has 0 aromatic carbocycles. The first kappa shape index (κ1) is 18.6. The van der Waals surface area contributed by atoms with Gasteiger partial charge in [0.15, 0.2) is 0 Å². The molecule has 3 aromatic heterocycles. The number of imidazole rings is 1. The van der Waals surface area contributed by atoms with E-state index in [-0.39, 0.29) is 5.91 Å². The van der Waals surface area contributed by atoms with E-state index in [9.17, 15) is 4.79 Å². The number of piperidine rings is 1. The van der Waals surface area contributed by atoms with Crippen molar-refractivity contribution in [1.82, 2.24) is 34.0 Å². The Morgan fingerprint density at radius 2 is 2.00 bits per heavy atom. The average Bonchev–Trinajstić information content (AvgIpc) is 3.36. The molecule has 1 aliphatic heterocycles. The lowest BCUT2D eigenvalue weighted by atomic mass is 9.95. The number of nitrogens with zero attached hydrogens (tertiary/aromatic N) is 7. The molecule has 0 saturated carbocycles. The smallest absolute Gasteiger partial charge is 0.252 e. The molecule has 1 amide bonds. The molecule has 1 fully saturated rings. The molecule has 0 N–H and O–H groups in total. The fraction of sp³-hybridized carbons (Fsp3) is 0.550. The number of aryl methyl sites for hydroxylation is 3. The van der Waals surface area contributed by atoms with E-state index in [1.54, 1.807) is 4.52 Å². The molecule has 0 spiro atoms. The third kappa shape index (κ3) is 3.39. The number of hydrogen-bond acceptors (Lipinski definition) is 5. The second-order valence-electron chi connectivity index (χ2n) is 7.46. The molecule has 4 heterocycles. The summed E-state index contributed by atoms with van der Waals surface area (Å²) >= 11 is 0. The number of fused-ring (bicyclic) bond motifs is 1. The topological polar surface area (TPSA) is 81.2 Å². The molecule has 1 aliphatic rings. The van der Waals surface area contributed by atoms with Crippen molar-refractivity contribution in [2.75, 3.05) is 13.1 Å². The highest BCUT2D eigenvalue weighted by atomic mass is 16.2. The molecule has 148 valence electrons. The van der Waals surface area contributed by atoms with Gasteiger partial charge in [0.1, 0.15) is 12.2 Å². The quantitative estimate of drug-likeness (QED) is 0.677. The molecule has 0 atom stereocenters. The van der Waals surface area contributed by atoms with Crippen LogP contribution in [0, 0.1) is 13.8 Å². The first-order chi connectivity index (χ1) is 13.6. The molecular formula is C20H27N7O. The predicted octanol–water partition coefficient (Wildman–Crippen LogP) is 2.30. The Balaban J connectivity index is 1.37. The van der Waals surface area contributed by atoms with Crippen molar-refractivity contribution in [1.29, 1.82) is 0 Å². The Morgan fingerprint density at radius 1 is 1.21 bits per heavy atom. The van der Waals surface area contributed by atoms with Gasteiger partial charge in [-0.25, -0.2) is 14.5 Å². The van der Waals surface area contributed by atoms with Crippen molar-refractivity contribution in [2.45, 2.75) is 58.9 Å². The van der Waals surface area contributed by atoms with Crippen LogP contribution in [0.15, 0.2) is 18.7 Å². The Hall–Kier alpha value is -2.77. The minimum Gasteiger partial charge on any atom is -0.343 e. The first-order valence-corrected chi connectivity index (χ1v) is 10.0. The van der Waals surface area contributed by atoms with Crippen molar-refractivity contribution in [3.63, 3.8) is 0 Å². The third-order valence-corrected chi connectivity index (χ3v) is 5.88. The fourth-order valence-corrected chi connectivity index (χ4v) is 4.24. The van der Waals surface area contributed by atoms with Crippen LogP contribution in [0.1, 0.15) is 54.9 Å². The van der Waals surface area contributed by atoms with Gasteiger partial charge in [0.25, 0.3) is 5.78 Å². The highest BCUT2D eigenvalue weighted by Gasteiger charge is 2.26. The molecule has 0 unspecified atom stereocenters. The van der Waals surface area contributed by atoms with Gasteiger partial charge in [-0.15, -0.1) is 0 Å². The summed E-state index contributed by atoms with van der Waals surface area (Å²) in [5, 5.41) is 4.22. The van der Waals surface area contributed by atoms with Crippen LogP contribution >= 0.6 is 0 Å². The number of carbonyl (C=O) groups excluding carboxylic acids is 1. The molecule has 0 aliphatic carbocycles. The van der Waals surface area contributed by atoms with E-state index in [1.807, 2.05) is 31.1 Å². The van der Waals surface area contributed by atoms with Crippen molar-refractivity contribution in [3.8, 4) is 0 Å². The van der Waals surface area contributed by atoms with E-state index in [1.165, 1.54) is 6.33 Å². The molecule has 8 heteroatoms. The lowest BCUT2D eigenvalue weighted by Gasteiger charge is -2.32. The Morgan fingerprint density at radius 3 is 2.75 bits per heavy atom. The van der Waals surface area contributed by atoms with Crippen molar-refractivity contribution in [3.05, 3.63) is 41.5 Å². The molecule has 8 nitrogen and oxygen atoms in total.